The van der Waals surface area contributed by atoms with Gasteiger partial charge in [0, 0.05) is 6.42 Å². The first kappa shape index (κ1) is 12.2. The first-order chi connectivity index (χ1) is 6.93. The molecule has 0 spiro atoms. The number of hydrogen-bond donors (Lipinski definition) is 1. The predicted octanol–water partition coefficient (Wildman–Crippen LogP) is 3.14. The second-order valence-electron chi connectivity index (χ2n) is 4.21. The van der Waals surface area contributed by atoms with Gasteiger partial charge < -0.3 is 5.73 Å². The minimum absolute atomic E-state index is 0.605. The molecule has 1 nitrogen and oxygen atoms in total. The molecule has 0 aromatic heterocycles. The van der Waals surface area contributed by atoms with Crippen LogP contribution in [0.4, 0.5) is 0 Å². The third-order valence-corrected chi connectivity index (χ3v) is 3.35. The largest absolute Gasteiger partial charge is 0.393 e. The van der Waals surface area contributed by atoms with Crippen LogP contribution in [-0.4, -0.2) is 4.99 Å². The van der Waals surface area contributed by atoms with Crippen molar-refractivity contribution in [1.82, 2.24) is 0 Å². The van der Waals surface area contributed by atoms with Crippen molar-refractivity contribution >= 4 is 17.2 Å². The number of aryl methyl sites for hydroxylation is 2. The van der Waals surface area contributed by atoms with Crippen LogP contribution in [0.25, 0.3) is 0 Å². The second-order valence-corrected chi connectivity index (χ2v) is 4.73. The summed E-state index contributed by atoms with van der Waals surface area (Å²) in [5, 5.41) is 0. The van der Waals surface area contributed by atoms with Crippen LogP contribution in [0, 0.1) is 27.7 Å². The average molecular weight is 221 g/mol. The van der Waals surface area contributed by atoms with Crippen molar-refractivity contribution in [2.75, 3.05) is 0 Å². The summed E-state index contributed by atoms with van der Waals surface area (Å²) in [5.41, 5.74) is 12.4. The quantitative estimate of drug-likeness (QED) is 0.794. The molecule has 0 fully saturated rings. The van der Waals surface area contributed by atoms with E-state index >= 15 is 0 Å². The lowest BCUT2D eigenvalue weighted by Gasteiger charge is -2.14. The van der Waals surface area contributed by atoms with E-state index in [0.29, 0.717) is 4.99 Å². The molecule has 0 radical (unpaired) electrons. The molecule has 0 aliphatic heterocycles. The Kier molecular flexibility index (Phi) is 3.86. The maximum atomic E-state index is 5.55. The van der Waals surface area contributed by atoms with Crippen LogP contribution in [0.1, 0.15) is 34.2 Å². The summed E-state index contributed by atoms with van der Waals surface area (Å²) in [6.07, 6.45) is 1.77. The highest BCUT2D eigenvalue weighted by Crippen LogP contribution is 2.22. The van der Waals surface area contributed by atoms with Gasteiger partial charge in [0.1, 0.15) is 0 Å². The van der Waals surface area contributed by atoms with Crippen molar-refractivity contribution < 1.29 is 0 Å². The fraction of sp³-hybridized carbons (Fsp3) is 0.462. The third-order valence-electron chi connectivity index (χ3n) is 3.14. The summed E-state index contributed by atoms with van der Waals surface area (Å²) in [6.45, 7) is 8.67. The molecule has 2 heteroatoms. The van der Waals surface area contributed by atoms with Crippen LogP contribution in [0.2, 0.25) is 0 Å². The summed E-state index contributed by atoms with van der Waals surface area (Å²) >= 11 is 4.92. The lowest BCUT2D eigenvalue weighted by molar-refractivity contribution is 0.990. The van der Waals surface area contributed by atoms with Gasteiger partial charge in [-0.15, -0.1) is 0 Å². The number of benzene rings is 1. The molecule has 0 saturated carbocycles. The van der Waals surface area contributed by atoms with Crippen LogP contribution in [0.3, 0.4) is 0 Å². The van der Waals surface area contributed by atoms with E-state index < -0.39 is 0 Å². The zero-order valence-corrected chi connectivity index (χ0v) is 10.8. The highest BCUT2D eigenvalue weighted by atomic mass is 32.1. The second kappa shape index (κ2) is 4.75. The lowest BCUT2D eigenvalue weighted by atomic mass is 9.91. The normalized spacial score (nSPS) is 10.4. The maximum Gasteiger partial charge on any atom is 0.0730 e. The zero-order chi connectivity index (χ0) is 11.6. The molecule has 82 valence electrons. The number of rotatable bonds is 3. The van der Waals surface area contributed by atoms with Crippen molar-refractivity contribution in [3.05, 3.63) is 33.9 Å². The van der Waals surface area contributed by atoms with Gasteiger partial charge in [-0.05, 0) is 61.9 Å². The topological polar surface area (TPSA) is 26.0 Å². The summed E-state index contributed by atoms with van der Waals surface area (Å²) in [4.78, 5) is 0.605. The molecule has 0 heterocycles. The Morgan fingerprint density at radius 2 is 1.60 bits per heavy atom. The van der Waals surface area contributed by atoms with Gasteiger partial charge in [0.05, 0.1) is 4.99 Å². The molecule has 2 N–H and O–H groups in total. The van der Waals surface area contributed by atoms with Gasteiger partial charge in [-0.2, -0.15) is 0 Å². The van der Waals surface area contributed by atoms with Crippen molar-refractivity contribution in [2.24, 2.45) is 5.73 Å². The maximum absolute atomic E-state index is 5.55. The Labute approximate surface area is 97.7 Å². The molecule has 15 heavy (non-hydrogen) atoms. The first-order valence-electron chi connectivity index (χ1n) is 5.28. The van der Waals surface area contributed by atoms with Crippen LogP contribution in [0.15, 0.2) is 6.07 Å². The van der Waals surface area contributed by atoms with Crippen LogP contribution < -0.4 is 5.73 Å². The van der Waals surface area contributed by atoms with Crippen LogP contribution in [0.5, 0.6) is 0 Å². The fourth-order valence-corrected chi connectivity index (χ4v) is 2.02. The standard InChI is InChI=1S/C13H19NS/c1-8-7-9(2)11(4)12(10(8)3)5-6-13(14)15/h7H,5-6H2,1-4H3,(H2,14,15). The van der Waals surface area contributed by atoms with Gasteiger partial charge in [0.25, 0.3) is 0 Å². The Balaban J connectivity index is 3.09. The SMILES string of the molecule is Cc1cc(C)c(C)c(CCC(N)=S)c1C. The molecule has 1 rings (SSSR count). The highest BCUT2D eigenvalue weighted by molar-refractivity contribution is 7.80. The highest BCUT2D eigenvalue weighted by Gasteiger charge is 2.08. The van der Waals surface area contributed by atoms with Gasteiger partial charge >= 0.3 is 0 Å². The number of thiocarbonyl (C=S) groups is 1. The molecule has 1 aromatic carbocycles. The molecule has 0 saturated heterocycles. The molecular formula is C13H19NS. The van der Waals surface area contributed by atoms with Gasteiger partial charge in [-0.1, -0.05) is 18.3 Å². The minimum Gasteiger partial charge on any atom is -0.393 e. The molecule has 0 unspecified atom stereocenters. The van der Waals surface area contributed by atoms with Gasteiger partial charge in [0.2, 0.25) is 0 Å². The van der Waals surface area contributed by atoms with Crippen molar-refractivity contribution in [3.8, 4) is 0 Å². The molecule has 1 aromatic rings. The molecule has 0 aliphatic rings. The van der Waals surface area contributed by atoms with Gasteiger partial charge in [-0.25, -0.2) is 0 Å². The van der Waals surface area contributed by atoms with E-state index in [0.717, 1.165) is 12.8 Å². The summed E-state index contributed by atoms with van der Waals surface area (Å²) < 4.78 is 0. The molecule has 0 amide bonds. The van der Waals surface area contributed by atoms with Crippen LogP contribution in [-0.2, 0) is 6.42 Å². The first-order valence-corrected chi connectivity index (χ1v) is 5.69. The Bertz CT molecular complexity index is 368. The molecule has 0 bridgehead atoms. The summed E-state index contributed by atoms with van der Waals surface area (Å²) in [5.74, 6) is 0. The summed E-state index contributed by atoms with van der Waals surface area (Å²) in [7, 11) is 0. The number of nitrogens with two attached hydrogens (primary N) is 1. The smallest absolute Gasteiger partial charge is 0.0730 e. The predicted molar refractivity (Wildman–Crippen MR) is 70.5 cm³/mol. The minimum atomic E-state index is 0.605. The monoisotopic (exact) mass is 221 g/mol. The molecule has 0 atom stereocenters. The van der Waals surface area contributed by atoms with Crippen molar-refractivity contribution in [1.29, 1.82) is 0 Å². The average Bonchev–Trinajstić information content (AvgIpc) is 2.14. The van der Waals surface area contributed by atoms with Gasteiger partial charge in [-0.3, -0.25) is 0 Å². The van der Waals surface area contributed by atoms with E-state index in [9.17, 15) is 0 Å². The van der Waals surface area contributed by atoms with Gasteiger partial charge in [0.15, 0.2) is 0 Å². The Morgan fingerprint density at radius 3 is 2.00 bits per heavy atom. The van der Waals surface area contributed by atoms with Crippen molar-refractivity contribution in [3.63, 3.8) is 0 Å². The van der Waals surface area contributed by atoms with E-state index in [-0.39, 0.29) is 0 Å². The van der Waals surface area contributed by atoms with E-state index in [2.05, 4.69) is 33.8 Å². The fourth-order valence-electron chi connectivity index (χ4n) is 1.92. The van der Waals surface area contributed by atoms with E-state index in [4.69, 9.17) is 18.0 Å². The Morgan fingerprint density at radius 1 is 1.13 bits per heavy atom. The van der Waals surface area contributed by atoms with E-state index in [1.54, 1.807) is 0 Å². The Hall–Kier alpha value is -0.890. The number of hydrogen-bond acceptors (Lipinski definition) is 1. The zero-order valence-electron chi connectivity index (χ0n) is 9.98. The third kappa shape index (κ3) is 2.78. The van der Waals surface area contributed by atoms with E-state index in [1.165, 1.54) is 27.8 Å². The lowest BCUT2D eigenvalue weighted by Crippen LogP contribution is -2.10. The summed E-state index contributed by atoms with van der Waals surface area (Å²) in [6, 6.07) is 2.24. The molecule has 0 aliphatic carbocycles. The molecular weight excluding hydrogens is 202 g/mol. The van der Waals surface area contributed by atoms with E-state index in [1.807, 2.05) is 0 Å². The van der Waals surface area contributed by atoms with Crippen LogP contribution >= 0.6 is 12.2 Å². The van der Waals surface area contributed by atoms with Crippen molar-refractivity contribution in [2.45, 2.75) is 40.5 Å².